The standard InChI is InChI=1S/C10H11FN2S2/c1-10(2,3)15-13-6-8-4-7(5-12)9(11)14-8/h4,6H,1-3H3/b13-6+. The smallest absolute Gasteiger partial charge is 0.194 e. The van der Waals surface area contributed by atoms with Gasteiger partial charge >= 0.3 is 0 Å². The van der Waals surface area contributed by atoms with Gasteiger partial charge in [-0.3, -0.25) is 0 Å². The minimum atomic E-state index is -0.445. The van der Waals surface area contributed by atoms with Gasteiger partial charge in [0.1, 0.15) is 6.07 Å². The van der Waals surface area contributed by atoms with Crippen LogP contribution in [0.1, 0.15) is 31.2 Å². The van der Waals surface area contributed by atoms with Gasteiger partial charge < -0.3 is 0 Å². The molecule has 0 unspecified atom stereocenters. The van der Waals surface area contributed by atoms with Crippen LogP contribution < -0.4 is 0 Å². The normalized spacial score (nSPS) is 11.9. The Bertz CT molecular complexity index is 410. The van der Waals surface area contributed by atoms with E-state index in [9.17, 15) is 4.39 Å². The van der Waals surface area contributed by atoms with E-state index in [0.717, 1.165) is 11.3 Å². The van der Waals surface area contributed by atoms with Gasteiger partial charge in [0, 0.05) is 4.75 Å². The van der Waals surface area contributed by atoms with Crippen LogP contribution in [0.5, 0.6) is 0 Å². The first kappa shape index (κ1) is 12.2. The zero-order valence-corrected chi connectivity index (χ0v) is 10.4. The zero-order valence-electron chi connectivity index (χ0n) is 8.74. The molecule has 0 aliphatic rings. The monoisotopic (exact) mass is 242 g/mol. The summed E-state index contributed by atoms with van der Waals surface area (Å²) in [4.78, 5) is 0.667. The van der Waals surface area contributed by atoms with E-state index in [0.29, 0.717) is 4.88 Å². The molecule has 0 aliphatic heterocycles. The fourth-order valence-corrected chi connectivity index (χ4v) is 2.02. The molecule has 1 rings (SSSR count). The van der Waals surface area contributed by atoms with Gasteiger partial charge in [-0.15, -0.1) is 11.3 Å². The Hall–Kier alpha value is -0.860. The predicted octanol–water partition coefficient (Wildman–Crippen LogP) is 3.62. The Morgan fingerprint density at radius 2 is 2.27 bits per heavy atom. The molecule has 80 valence electrons. The highest BCUT2D eigenvalue weighted by atomic mass is 32.2. The van der Waals surface area contributed by atoms with Gasteiger partial charge in [-0.05, 0) is 38.8 Å². The lowest BCUT2D eigenvalue weighted by Gasteiger charge is -2.11. The van der Waals surface area contributed by atoms with Gasteiger partial charge in [-0.25, -0.2) is 4.40 Å². The van der Waals surface area contributed by atoms with Gasteiger partial charge in [0.05, 0.1) is 16.7 Å². The molecule has 1 aromatic rings. The van der Waals surface area contributed by atoms with Crippen molar-refractivity contribution in [1.82, 2.24) is 0 Å². The lowest BCUT2D eigenvalue weighted by Crippen LogP contribution is -2.04. The second-order valence-corrected chi connectivity index (χ2v) is 6.54. The Labute approximate surface area is 97.0 Å². The Kier molecular flexibility index (Phi) is 3.89. The summed E-state index contributed by atoms with van der Waals surface area (Å²) in [5, 5.41) is 8.11. The molecule has 0 N–H and O–H groups in total. The molecule has 0 aromatic carbocycles. The summed E-state index contributed by atoms with van der Waals surface area (Å²) >= 11 is 2.36. The third-order valence-corrected chi connectivity index (χ3v) is 2.95. The number of rotatable bonds is 2. The number of hydrogen-bond acceptors (Lipinski definition) is 4. The van der Waals surface area contributed by atoms with Gasteiger partial charge in [0.15, 0.2) is 5.13 Å². The molecule has 0 radical (unpaired) electrons. The van der Waals surface area contributed by atoms with Gasteiger partial charge in [-0.2, -0.15) is 9.65 Å². The molecule has 0 aliphatic carbocycles. The van der Waals surface area contributed by atoms with Crippen LogP contribution in [0.15, 0.2) is 10.5 Å². The predicted molar refractivity (Wildman–Crippen MR) is 63.9 cm³/mol. The lowest BCUT2D eigenvalue weighted by molar-refractivity contribution is 0.654. The molecule has 15 heavy (non-hydrogen) atoms. The van der Waals surface area contributed by atoms with E-state index >= 15 is 0 Å². The number of nitriles is 1. The number of thiophene rings is 1. The molecule has 0 saturated heterocycles. The average molecular weight is 242 g/mol. The van der Waals surface area contributed by atoms with E-state index in [1.165, 1.54) is 18.0 Å². The Morgan fingerprint density at radius 1 is 1.60 bits per heavy atom. The first-order valence-corrected chi connectivity index (χ1v) is 5.92. The minimum Gasteiger partial charge on any atom is -0.223 e. The maximum absolute atomic E-state index is 13.0. The summed E-state index contributed by atoms with van der Waals surface area (Å²) in [5.74, 6) is 0. The van der Waals surface area contributed by atoms with Crippen molar-refractivity contribution in [2.45, 2.75) is 25.5 Å². The molecule has 0 bridgehead atoms. The third kappa shape index (κ3) is 4.02. The number of halogens is 1. The van der Waals surface area contributed by atoms with Gasteiger partial charge in [0.25, 0.3) is 0 Å². The minimum absolute atomic E-state index is 0.0460. The molecule has 0 spiro atoms. The Morgan fingerprint density at radius 3 is 2.73 bits per heavy atom. The van der Waals surface area contributed by atoms with Crippen molar-refractivity contribution in [1.29, 1.82) is 5.26 Å². The highest BCUT2D eigenvalue weighted by Gasteiger charge is 2.10. The topological polar surface area (TPSA) is 36.1 Å². The Balaban J connectivity index is 2.70. The van der Waals surface area contributed by atoms with E-state index < -0.39 is 5.13 Å². The first-order valence-electron chi connectivity index (χ1n) is 4.33. The fraction of sp³-hybridized carbons (Fsp3) is 0.400. The summed E-state index contributed by atoms with van der Waals surface area (Å²) in [6.45, 7) is 6.14. The summed E-state index contributed by atoms with van der Waals surface area (Å²) in [6.07, 6.45) is 1.59. The van der Waals surface area contributed by atoms with E-state index in [1.807, 2.05) is 20.8 Å². The zero-order chi connectivity index (χ0) is 11.5. The summed E-state index contributed by atoms with van der Waals surface area (Å²) < 4.78 is 17.2. The summed E-state index contributed by atoms with van der Waals surface area (Å²) in [5.41, 5.74) is 0.0854. The van der Waals surface area contributed by atoms with Crippen LogP contribution in [-0.2, 0) is 0 Å². The quantitative estimate of drug-likeness (QED) is 0.586. The largest absolute Gasteiger partial charge is 0.223 e. The molecule has 1 aromatic heterocycles. The van der Waals surface area contributed by atoms with Gasteiger partial charge in [-0.1, -0.05) is 0 Å². The molecule has 0 saturated carbocycles. The number of nitrogens with zero attached hydrogens (tertiary/aromatic N) is 2. The summed E-state index contributed by atoms with van der Waals surface area (Å²) in [7, 11) is 0. The van der Waals surface area contributed by atoms with Crippen molar-refractivity contribution >= 4 is 29.5 Å². The highest BCUT2D eigenvalue weighted by molar-refractivity contribution is 7.99. The van der Waals surface area contributed by atoms with E-state index in [-0.39, 0.29) is 10.3 Å². The third-order valence-electron chi connectivity index (χ3n) is 1.33. The molecular formula is C10H11FN2S2. The van der Waals surface area contributed by atoms with Crippen molar-refractivity contribution in [3.8, 4) is 6.07 Å². The SMILES string of the molecule is CC(C)(C)S/N=C/c1cc(C#N)c(F)s1. The van der Waals surface area contributed by atoms with Crippen molar-refractivity contribution < 1.29 is 4.39 Å². The van der Waals surface area contributed by atoms with Gasteiger partial charge in [0.2, 0.25) is 0 Å². The van der Waals surface area contributed by atoms with Crippen molar-refractivity contribution in [3.63, 3.8) is 0 Å². The molecule has 1 heterocycles. The van der Waals surface area contributed by atoms with E-state index in [4.69, 9.17) is 5.26 Å². The van der Waals surface area contributed by atoms with Crippen LogP contribution in [0.25, 0.3) is 0 Å². The average Bonchev–Trinajstić information content (AvgIpc) is 2.44. The van der Waals surface area contributed by atoms with Crippen LogP contribution in [0.2, 0.25) is 0 Å². The van der Waals surface area contributed by atoms with Crippen molar-refractivity contribution in [2.75, 3.05) is 0 Å². The summed E-state index contributed by atoms with van der Waals surface area (Å²) in [6, 6.07) is 3.30. The molecule has 5 heteroatoms. The van der Waals surface area contributed by atoms with Crippen LogP contribution in [0.4, 0.5) is 4.39 Å². The van der Waals surface area contributed by atoms with Crippen LogP contribution >= 0.6 is 23.3 Å². The highest BCUT2D eigenvalue weighted by Crippen LogP contribution is 2.25. The van der Waals surface area contributed by atoms with Crippen LogP contribution in [-0.4, -0.2) is 11.0 Å². The molecular weight excluding hydrogens is 231 g/mol. The van der Waals surface area contributed by atoms with Crippen LogP contribution in [0.3, 0.4) is 0 Å². The van der Waals surface area contributed by atoms with Crippen molar-refractivity contribution in [2.24, 2.45) is 4.40 Å². The second kappa shape index (κ2) is 4.77. The van der Waals surface area contributed by atoms with E-state index in [1.54, 1.807) is 12.3 Å². The molecule has 0 fully saturated rings. The molecule has 0 atom stereocenters. The maximum Gasteiger partial charge on any atom is 0.194 e. The molecule has 2 nitrogen and oxygen atoms in total. The fourth-order valence-electron chi connectivity index (χ4n) is 0.763. The van der Waals surface area contributed by atoms with Crippen molar-refractivity contribution in [3.05, 3.63) is 21.6 Å². The molecule has 0 amide bonds. The van der Waals surface area contributed by atoms with E-state index in [2.05, 4.69) is 4.40 Å². The first-order chi connectivity index (χ1) is 6.92. The maximum atomic E-state index is 13.0. The number of hydrogen-bond donors (Lipinski definition) is 0. The second-order valence-electron chi connectivity index (χ2n) is 3.89. The van der Waals surface area contributed by atoms with Crippen LogP contribution in [0, 0.1) is 16.5 Å². The lowest BCUT2D eigenvalue weighted by atomic mass is 10.3.